The number of ketones is 1. The quantitative estimate of drug-likeness (QED) is 0.0687. The fourth-order valence-corrected chi connectivity index (χ4v) is 8.13. The van der Waals surface area contributed by atoms with Gasteiger partial charge < -0.3 is 0 Å². The van der Waals surface area contributed by atoms with E-state index < -0.39 is 195 Å². The van der Waals surface area contributed by atoms with Crippen molar-refractivity contribution in [2.24, 2.45) is 0 Å². The van der Waals surface area contributed by atoms with Crippen LogP contribution in [-0.2, 0) is 66.1 Å². The van der Waals surface area contributed by atoms with Gasteiger partial charge in [0.1, 0.15) is 11.9 Å². The molecule has 0 atom stereocenters. The maximum absolute atomic E-state index is 14.2. The van der Waals surface area contributed by atoms with Crippen molar-refractivity contribution in [2.75, 3.05) is 12.5 Å². The van der Waals surface area contributed by atoms with E-state index in [0.717, 1.165) is 11.3 Å². The fraction of sp³-hybridized carbons (Fsp3) is 0.279. The van der Waals surface area contributed by atoms with Gasteiger partial charge in [0.05, 0.1) is 57.0 Å². The van der Waals surface area contributed by atoms with E-state index >= 15 is 0 Å². The van der Waals surface area contributed by atoms with Crippen LogP contribution in [0.15, 0.2) is 97.1 Å². The molecule has 0 saturated heterocycles. The van der Waals surface area contributed by atoms with Gasteiger partial charge in [0.15, 0.2) is 5.78 Å². The zero-order chi connectivity index (χ0) is 53.8. The highest BCUT2D eigenvalue weighted by molar-refractivity contribution is 7.94. The van der Waals surface area contributed by atoms with Crippen LogP contribution in [0.2, 0.25) is 0 Å². The van der Waals surface area contributed by atoms with Crippen LogP contribution in [0.4, 0.5) is 105 Å². The third-order valence-corrected chi connectivity index (χ3v) is 11.1. The standard InChI is InChI=1S/C32H12BF24.C11H15OS/c34-25(35,36)13-1-14(26(37,38)39)6-21(5-13)33(22-7-15(27(40,41)42)2-16(8-22)28(43,44)45,23-9-17(29(46,47)48)3-18(10-23)30(49,50)51)24-11-19(31(52,53)54)4-20(12-24)32(55,56)57;1-9(12)11-6-4-5-10(7-11)8-13(2)3/h1-12H;4-7H,8H2,1-3H3/q-1;+1. The summed E-state index contributed by atoms with van der Waals surface area (Å²) in [5.41, 5.74) is -28.1. The molecule has 5 aromatic carbocycles. The van der Waals surface area contributed by atoms with Gasteiger partial charge in [-0.3, -0.25) is 4.79 Å². The Hall–Kier alpha value is -5.50. The molecule has 5 rings (SSSR count). The monoisotopic (exact) mass is 1060 g/mol. The molecule has 0 unspecified atom stereocenters. The molecule has 70 heavy (non-hydrogen) atoms. The van der Waals surface area contributed by atoms with Gasteiger partial charge in [0.25, 0.3) is 0 Å². The van der Waals surface area contributed by atoms with Gasteiger partial charge in [-0.1, -0.05) is 66.7 Å². The Morgan fingerprint density at radius 2 is 0.586 bits per heavy atom. The van der Waals surface area contributed by atoms with Crippen LogP contribution in [0.25, 0.3) is 0 Å². The number of carbonyl (C=O) groups excluding carboxylic acids is 1. The number of hydrogen-bond acceptors (Lipinski definition) is 1. The predicted octanol–water partition coefficient (Wildman–Crippen LogP) is 13.5. The van der Waals surface area contributed by atoms with Crippen LogP contribution in [-0.4, -0.2) is 24.4 Å². The maximum Gasteiger partial charge on any atom is 0.416 e. The smallest absolute Gasteiger partial charge is 0.295 e. The average Bonchev–Trinajstić information content (AvgIpc) is 3.18. The molecule has 0 fully saturated rings. The Labute approximate surface area is 381 Å². The molecular formula is C43H27BF24OS. The summed E-state index contributed by atoms with van der Waals surface area (Å²) in [5.74, 6) is 1.22. The summed E-state index contributed by atoms with van der Waals surface area (Å²) in [5, 5.41) is 0. The van der Waals surface area contributed by atoms with Gasteiger partial charge in [-0.05, 0) is 48.2 Å². The molecule has 0 aliphatic carbocycles. The van der Waals surface area contributed by atoms with E-state index in [1.807, 2.05) is 18.2 Å². The second-order valence-electron chi connectivity index (χ2n) is 15.6. The molecule has 382 valence electrons. The highest BCUT2D eigenvalue weighted by Gasteiger charge is 2.47. The number of Topliss-reactive ketones (excluding diaryl/α,β-unsaturated/α-hetero) is 1. The molecule has 1 nitrogen and oxygen atoms in total. The van der Waals surface area contributed by atoms with Crippen LogP contribution < -0.4 is 21.9 Å². The number of carbonyl (C=O) groups is 1. The Morgan fingerprint density at radius 1 is 0.371 bits per heavy atom. The van der Waals surface area contributed by atoms with Gasteiger partial charge in [-0.25, -0.2) is 0 Å². The molecule has 0 aliphatic heterocycles. The van der Waals surface area contributed by atoms with Crippen LogP contribution in [0.1, 0.15) is 67.4 Å². The molecule has 0 aliphatic rings. The minimum Gasteiger partial charge on any atom is -0.295 e. The zero-order valence-electron chi connectivity index (χ0n) is 34.9. The highest BCUT2D eigenvalue weighted by Crippen LogP contribution is 2.41. The minimum absolute atomic E-state index is 0.147. The van der Waals surface area contributed by atoms with Crippen LogP contribution in [0, 0.1) is 0 Å². The Bertz CT molecular complexity index is 2260. The number of rotatable bonds is 7. The lowest BCUT2D eigenvalue weighted by atomic mass is 9.12. The normalized spacial score (nSPS) is 13.6. The first kappa shape index (κ1) is 57.1. The fourth-order valence-electron chi connectivity index (χ4n) is 7.28. The van der Waals surface area contributed by atoms with Crippen LogP contribution in [0.5, 0.6) is 0 Å². The SMILES string of the molecule is CC(=O)c1cccc(C[S+](C)C)c1.FC(F)(F)c1cc([B-](c2cc(C(F)(F)F)cc(C(F)(F)F)c2)(c2cc(C(F)(F)F)cc(C(F)(F)F)c2)c2cc(C(F)(F)F)cc(C(F)(F)F)c2)cc(C(F)(F)F)c1. The van der Waals surface area contributed by atoms with Crippen molar-refractivity contribution < 1.29 is 110 Å². The molecule has 0 spiro atoms. The van der Waals surface area contributed by atoms with E-state index in [0.29, 0.717) is 10.9 Å². The van der Waals surface area contributed by atoms with E-state index in [2.05, 4.69) is 18.6 Å². The van der Waals surface area contributed by atoms with Gasteiger partial charge >= 0.3 is 49.4 Å². The summed E-state index contributed by atoms with van der Waals surface area (Å²) in [7, 11) is 0.401. The van der Waals surface area contributed by atoms with Crippen molar-refractivity contribution in [1.29, 1.82) is 0 Å². The molecule has 0 bridgehead atoms. The zero-order valence-corrected chi connectivity index (χ0v) is 35.7. The molecule has 0 heterocycles. The van der Waals surface area contributed by atoms with E-state index in [9.17, 15) is 110 Å². The summed E-state index contributed by atoms with van der Waals surface area (Å²) in [6.45, 7) is 1.61. The van der Waals surface area contributed by atoms with Gasteiger partial charge in [-0.15, -0.1) is 0 Å². The number of benzene rings is 5. The van der Waals surface area contributed by atoms with Crippen molar-refractivity contribution in [3.63, 3.8) is 0 Å². The Morgan fingerprint density at radius 3 is 0.757 bits per heavy atom. The number of alkyl halides is 24. The van der Waals surface area contributed by atoms with Gasteiger partial charge in [0.2, 0.25) is 0 Å². The summed E-state index contributed by atoms with van der Waals surface area (Å²) in [6, 6.07) is -0.905. The summed E-state index contributed by atoms with van der Waals surface area (Å²) in [4.78, 5) is 11.1. The summed E-state index contributed by atoms with van der Waals surface area (Å²) < 4.78 is 341. The first-order valence-electron chi connectivity index (χ1n) is 18.9. The van der Waals surface area contributed by atoms with Gasteiger partial charge in [0, 0.05) is 11.1 Å². The van der Waals surface area contributed by atoms with Crippen molar-refractivity contribution in [3.05, 3.63) is 153 Å². The van der Waals surface area contributed by atoms with Crippen molar-refractivity contribution in [2.45, 2.75) is 62.1 Å². The minimum atomic E-state index is -6.13. The molecular weight excluding hydrogens is 1030 g/mol. The van der Waals surface area contributed by atoms with E-state index in [1.165, 1.54) is 5.56 Å². The van der Waals surface area contributed by atoms with Crippen molar-refractivity contribution >= 4 is 44.7 Å². The third-order valence-electron chi connectivity index (χ3n) is 10.2. The van der Waals surface area contributed by atoms with Crippen LogP contribution >= 0.6 is 0 Å². The lowest BCUT2D eigenvalue weighted by Gasteiger charge is -2.46. The van der Waals surface area contributed by atoms with Crippen molar-refractivity contribution in [1.82, 2.24) is 0 Å². The molecule has 0 radical (unpaired) electrons. The largest absolute Gasteiger partial charge is 0.416 e. The highest BCUT2D eigenvalue weighted by atomic mass is 32.2. The second kappa shape index (κ2) is 19.3. The molecule has 0 aromatic heterocycles. The van der Waals surface area contributed by atoms with Crippen molar-refractivity contribution in [3.8, 4) is 0 Å². The number of halogens is 24. The Balaban J connectivity index is 0.000000707. The molecule has 27 heteroatoms. The molecule has 0 amide bonds. The third kappa shape index (κ3) is 13.5. The molecule has 0 N–H and O–H groups in total. The average molecular weight is 1060 g/mol. The van der Waals surface area contributed by atoms with E-state index in [4.69, 9.17) is 0 Å². The van der Waals surface area contributed by atoms with Gasteiger partial charge in [-0.2, -0.15) is 127 Å². The first-order valence-corrected chi connectivity index (χ1v) is 21.1. The summed E-state index contributed by atoms with van der Waals surface area (Å²) in [6.07, 6.45) is -50.4. The first-order chi connectivity index (χ1) is 31.4. The van der Waals surface area contributed by atoms with E-state index in [1.54, 1.807) is 6.92 Å². The molecule has 0 saturated carbocycles. The lowest BCUT2D eigenvalue weighted by Crippen LogP contribution is -2.75. The number of hydrogen-bond donors (Lipinski definition) is 0. The maximum atomic E-state index is 14.2. The Kier molecular flexibility index (Phi) is 15.7. The lowest BCUT2D eigenvalue weighted by molar-refractivity contribution is -0.144. The second-order valence-corrected chi connectivity index (χ2v) is 17.9. The molecule has 5 aromatic rings. The van der Waals surface area contributed by atoms with Crippen LogP contribution in [0.3, 0.4) is 0 Å². The topological polar surface area (TPSA) is 17.1 Å². The summed E-state index contributed by atoms with van der Waals surface area (Å²) >= 11 is 0. The van der Waals surface area contributed by atoms with E-state index in [-0.39, 0.29) is 5.78 Å². The predicted molar refractivity (Wildman–Crippen MR) is 209 cm³/mol.